The van der Waals surface area contributed by atoms with E-state index in [1.54, 1.807) is 0 Å². The van der Waals surface area contributed by atoms with Crippen LogP contribution >= 0.6 is 15.9 Å². The lowest BCUT2D eigenvalue weighted by Gasteiger charge is -2.32. The Morgan fingerprint density at radius 1 is 1.20 bits per heavy atom. The Kier molecular flexibility index (Phi) is 5.91. The lowest BCUT2D eigenvalue weighted by atomic mass is 9.82. The number of hydrogen-bond donors (Lipinski definition) is 1. The Labute approximate surface area is 131 Å². The van der Waals surface area contributed by atoms with E-state index in [-0.39, 0.29) is 0 Å². The fourth-order valence-corrected chi connectivity index (χ4v) is 3.69. The van der Waals surface area contributed by atoms with Crippen molar-refractivity contribution in [3.8, 4) is 5.75 Å². The van der Waals surface area contributed by atoms with Gasteiger partial charge in [-0.1, -0.05) is 26.8 Å². The number of nitrogens with one attached hydrogen (secondary N) is 1. The molecule has 2 nitrogen and oxygen atoms in total. The molecular formula is C17H26BrNO. The van der Waals surface area contributed by atoms with E-state index in [0.717, 1.165) is 35.1 Å². The largest absolute Gasteiger partial charge is 0.489 e. The van der Waals surface area contributed by atoms with Crippen molar-refractivity contribution in [3.05, 3.63) is 28.2 Å². The minimum Gasteiger partial charge on any atom is -0.489 e. The van der Waals surface area contributed by atoms with Crippen molar-refractivity contribution in [1.82, 2.24) is 5.32 Å². The van der Waals surface area contributed by atoms with Crippen molar-refractivity contribution < 1.29 is 4.74 Å². The van der Waals surface area contributed by atoms with Crippen LogP contribution in [-0.2, 0) is 6.54 Å². The molecule has 1 aromatic rings. The molecular weight excluding hydrogens is 314 g/mol. The fraction of sp³-hybridized carbons (Fsp3) is 0.647. The van der Waals surface area contributed by atoms with Gasteiger partial charge in [0.25, 0.3) is 0 Å². The zero-order valence-corrected chi connectivity index (χ0v) is 14.4. The molecule has 2 rings (SSSR count). The monoisotopic (exact) mass is 339 g/mol. The Balaban J connectivity index is 1.98. The van der Waals surface area contributed by atoms with Crippen LogP contribution in [0.2, 0.25) is 0 Å². The van der Waals surface area contributed by atoms with Crippen LogP contribution in [0.5, 0.6) is 5.75 Å². The molecule has 1 saturated carbocycles. The van der Waals surface area contributed by atoms with Crippen molar-refractivity contribution in [3.63, 3.8) is 0 Å². The molecule has 0 spiro atoms. The van der Waals surface area contributed by atoms with Crippen LogP contribution in [0.15, 0.2) is 22.7 Å². The van der Waals surface area contributed by atoms with Gasteiger partial charge in [0.1, 0.15) is 5.75 Å². The summed E-state index contributed by atoms with van der Waals surface area (Å²) in [5.74, 6) is 2.53. The number of rotatable bonds is 5. The first-order valence-corrected chi connectivity index (χ1v) is 8.53. The zero-order valence-electron chi connectivity index (χ0n) is 12.8. The first kappa shape index (κ1) is 15.8. The second kappa shape index (κ2) is 7.46. The highest BCUT2D eigenvalue weighted by atomic mass is 79.9. The van der Waals surface area contributed by atoms with Gasteiger partial charge in [0, 0.05) is 6.54 Å². The summed E-state index contributed by atoms with van der Waals surface area (Å²) in [6.07, 6.45) is 4.05. The highest BCUT2D eigenvalue weighted by Crippen LogP contribution is 2.34. The normalized spacial score (nSPS) is 26.5. The standard InChI is InChI=1S/C17H26BrNO/c1-4-19-11-14-5-6-17(16(18)10-14)20-15-8-12(2)7-13(3)9-15/h5-6,10,12-13,15,19H,4,7-9,11H2,1-3H3. The molecule has 2 unspecified atom stereocenters. The van der Waals surface area contributed by atoms with Gasteiger partial charge in [-0.3, -0.25) is 0 Å². The number of benzene rings is 1. The number of halogens is 1. The Hall–Kier alpha value is -0.540. The molecule has 2 atom stereocenters. The van der Waals surface area contributed by atoms with Crippen LogP contribution in [0.3, 0.4) is 0 Å². The van der Waals surface area contributed by atoms with Crippen molar-refractivity contribution in [1.29, 1.82) is 0 Å². The summed E-state index contributed by atoms with van der Waals surface area (Å²) in [5, 5.41) is 3.34. The van der Waals surface area contributed by atoms with E-state index in [2.05, 4.69) is 60.2 Å². The smallest absolute Gasteiger partial charge is 0.133 e. The summed E-state index contributed by atoms with van der Waals surface area (Å²) < 4.78 is 7.29. The highest BCUT2D eigenvalue weighted by Gasteiger charge is 2.25. The Morgan fingerprint density at radius 2 is 1.90 bits per heavy atom. The molecule has 1 fully saturated rings. The van der Waals surface area contributed by atoms with Gasteiger partial charge in [-0.15, -0.1) is 0 Å². The summed E-state index contributed by atoms with van der Waals surface area (Å²) in [6, 6.07) is 6.41. The van der Waals surface area contributed by atoms with E-state index in [4.69, 9.17) is 4.74 Å². The van der Waals surface area contributed by atoms with E-state index < -0.39 is 0 Å². The highest BCUT2D eigenvalue weighted by molar-refractivity contribution is 9.10. The molecule has 0 saturated heterocycles. The van der Waals surface area contributed by atoms with Crippen molar-refractivity contribution >= 4 is 15.9 Å². The fourth-order valence-electron chi connectivity index (χ4n) is 3.17. The van der Waals surface area contributed by atoms with Crippen LogP contribution in [-0.4, -0.2) is 12.6 Å². The summed E-state index contributed by atoms with van der Waals surface area (Å²) in [4.78, 5) is 0. The molecule has 1 aromatic carbocycles. The van der Waals surface area contributed by atoms with E-state index in [1.165, 1.54) is 24.8 Å². The van der Waals surface area contributed by atoms with Crippen LogP contribution in [0, 0.1) is 11.8 Å². The summed E-state index contributed by atoms with van der Waals surface area (Å²) in [6.45, 7) is 8.69. The molecule has 0 aromatic heterocycles. The van der Waals surface area contributed by atoms with E-state index in [9.17, 15) is 0 Å². The molecule has 3 heteroatoms. The Morgan fingerprint density at radius 3 is 2.50 bits per heavy atom. The first-order chi connectivity index (χ1) is 9.58. The number of hydrogen-bond acceptors (Lipinski definition) is 2. The van der Waals surface area contributed by atoms with E-state index in [1.807, 2.05) is 0 Å². The molecule has 112 valence electrons. The maximum atomic E-state index is 6.22. The Bertz CT molecular complexity index is 425. The van der Waals surface area contributed by atoms with E-state index >= 15 is 0 Å². The minimum atomic E-state index is 0.365. The predicted molar refractivity (Wildman–Crippen MR) is 88.1 cm³/mol. The van der Waals surface area contributed by atoms with Gasteiger partial charge in [-0.05, 0) is 71.3 Å². The van der Waals surface area contributed by atoms with Crippen LogP contribution in [0.1, 0.15) is 45.6 Å². The molecule has 20 heavy (non-hydrogen) atoms. The molecule has 1 aliphatic carbocycles. The molecule has 0 amide bonds. The average Bonchev–Trinajstić information content (AvgIpc) is 2.38. The topological polar surface area (TPSA) is 21.3 Å². The van der Waals surface area contributed by atoms with Crippen LogP contribution in [0.25, 0.3) is 0 Å². The van der Waals surface area contributed by atoms with Gasteiger partial charge in [0.05, 0.1) is 10.6 Å². The second-order valence-electron chi connectivity index (χ2n) is 6.20. The lowest BCUT2D eigenvalue weighted by Crippen LogP contribution is -2.28. The molecule has 0 aliphatic heterocycles. The number of ether oxygens (including phenoxy) is 1. The van der Waals surface area contributed by atoms with Crippen molar-refractivity contribution in [2.24, 2.45) is 11.8 Å². The maximum Gasteiger partial charge on any atom is 0.133 e. The van der Waals surface area contributed by atoms with Crippen LogP contribution < -0.4 is 10.1 Å². The molecule has 0 bridgehead atoms. The first-order valence-electron chi connectivity index (χ1n) is 7.74. The third-order valence-electron chi connectivity index (χ3n) is 4.00. The average molecular weight is 340 g/mol. The molecule has 0 heterocycles. The minimum absolute atomic E-state index is 0.365. The SMILES string of the molecule is CCNCc1ccc(OC2CC(C)CC(C)C2)c(Br)c1. The van der Waals surface area contributed by atoms with Crippen molar-refractivity contribution in [2.45, 2.75) is 52.7 Å². The van der Waals surface area contributed by atoms with Gasteiger partial charge in [0.15, 0.2) is 0 Å². The third-order valence-corrected chi connectivity index (χ3v) is 4.62. The summed E-state index contributed by atoms with van der Waals surface area (Å²) >= 11 is 3.64. The van der Waals surface area contributed by atoms with Gasteiger partial charge >= 0.3 is 0 Å². The maximum absolute atomic E-state index is 6.22. The van der Waals surface area contributed by atoms with Gasteiger partial charge in [-0.25, -0.2) is 0 Å². The van der Waals surface area contributed by atoms with Gasteiger partial charge in [-0.2, -0.15) is 0 Å². The van der Waals surface area contributed by atoms with Gasteiger partial charge in [0.2, 0.25) is 0 Å². The molecule has 1 aliphatic rings. The summed E-state index contributed by atoms with van der Waals surface area (Å²) in [7, 11) is 0. The third kappa shape index (κ3) is 4.49. The lowest BCUT2D eigenvalue weighted by molar-refractivity contribution is 0.100. The van der Waals surface area contributed by atoms with E-state index in [0.29, 0.717) is 6.10 Å². The van der Waals surface area contributed by atoms with Gasteiger partial charge < -0.3 is 10.1 Å². The summed E-state index contributed by atoms with van der Waals surface area (Å²) in [5.41, 5.74) is 1.29. The quantitative estimate of drug-likeness (QED) is 0.834. The molecule has 0 radical (unpaired) electrons. The van der Waals surface area contributed by atoms with Crippen molar-refractivity contribution in [2.75, 3.05) is 6.54 Å². The second-order valence-corrected chi connectivity index (χ2v) is 7.06. The predicted octanol–water partition coefficient (Wildman–Crippen LogP) is 4.76. The van der Waals surface area contributed by atoms with Crippen LogP contribution in [0.4, 0.5) is 0 Å². The zero-order chi connectivity index (χ0) is 14.5. The molecule has 1 N–H and O–H groups in total.